The number of fused-ring (bicyclic) bond motifs is 1. The van der Waals surface area contributed by atoms with Gasteiger partial charge in [0.25, 0.3) is 0 Å². The number of allylic oxidation sites excluding steroid dienone is 1. The first kappa shape index (κ1) is 18.3. The molecule has 1 N–H and O–H groups in total. The van der Waals surface area contributed by atoms with E-state index >= 15 is 0 Å². The Morgan fingerprint density at radius 1 is 1.13 bits per heavy atom. The van der Waals surface area contributed by atoms with Crippen LogP contribution in [0.2, 0.25) is 10.0 Å². The van der Waals surface area contributed by atoms with Gasteiger partial charge in [0, 0.05) is 20.8 Å². The number of ketones is 1. The van der Waals surface area contributed by atoms with E-state index in [1.54, 1.807) is 6.92 Å². The average Bonchev–Trinajstić information content (AvgIpc) is 2.95. The molecule has 0 atom stereocenters. The highest BCUT2D eigenvalue weighted by atomic mass is 35.5. The molecule has 0 saturated heterocycles. The van der Waals surface area contributed by atoms with E-state index < -0.39 is 5.97 Å². The molecule has 0 aliphatic heterocycles. The fourth-order valence-electron chi connectivity index (χ4n) is 2.08. The summed E-state index contributed by atoms with van der Waals surface area (Å²) in [7, 11) is 0. The topological polar surface area (TPSA) is 67.5 Å². The van der Waals surface area contributed by atoms with Gasteiger partial charge in [-0.15, -0.1) is 23.5 Å². The number of carboxylic acids is 1. The molecule has 2 aromatic rings. The first-order chi connectivity index (χ1) is 10.8. The molecule has 1 aromatic heterocycles. The minimum absolute atomic E-state index is 0.0302. The summed E-state index contributed by atoms with van der Waals surface area (Å²) in [4.78, 5) is 23.7. The Morgan fingerprint density at radius 2 is 1.74 bits per heavy atom. The fraction of sp³-hybridized carbons (Fsp3) is 0.200. The van der Waals surface area contributed by atoms with Gasteiger partial charge in [-0.3, -0.25) is 4.79 Å². The Hall–Kier alpha value is -1.08. The largest absolute Gasteiger partial charge is 0.475 e. The molecule has 8 heteroatoms. The molecule has 0 saturated carbocycles. The van der Waals surface area contributed by atoms with Crippen LogP contribution in [0.4, 0.5) is 0 Å². The summed E-state index contributed by atoms with van der Waals surface area (Å²) in [5, 5.41) is 9.50. The van der Waals surface area contributed by atoms with Crippen molar-refractivity contribution in [1.29, 1.82) is 0 Å². The lowest BCUT2D eigenvalue weighted by atomic mass is 10.0. The molecule has 0 aliphatic carbocycles. The van der Waals surface area contributed by atoms with E-state index in [4.69, 9.17) is 32.7 Å². The summed E-state index contributed by atoms with van der Waals surface area (Å²) < 4.78 is 6.05. The quantitative estimate of drug-likeness (QED) is 0.530. The molecule has 0 radical (unpaired) electrons. The number of hydrogen-bond donors (Lipinski definition) is 1. The number of Topliss-reactive ketones (excluding diaryl/α,β-unsaturated/α-hetero) is 1. The van der Waals surface area contributed by atoms with Crippen LogP contribution in [-0.4, -0.2) is 29.4 Å². The van der Waals surface area contributed by atoms with Crippen LogP contribution in [-0.2, 0) is 0 Å². The predicted molar refractivity (Wildman–Crippen MR) is 97.3 cm³/mol. The highest BCUT2D eigenvalue weighted by Crippen LogP contribution is 2.38. The number of thioether (sulfide) groups is 2. The molecule has 1 heterocycles. The van der Waals surface area contributed by atoms with Gasteiger partial charge in [0.15, 0.2) is 11.4 Å². The zero-order valence-electron chi connectivity index (χ0n) is 12.4. The molecule has 0 aliphatic rings. The number of rotatable bonds is 5. The fourth-order valence-corrected chi connectivity index (χ4v) is 4.02. The van der Waals surface area contributed by atoms with Crippen molar-refractivity contribution < 1.29 is 19.1 Å². The van der Waals surface area contributed by atoms with Crippen LogP contribution < -0.4 is 0 Å². The lowest BCUT2D eigenvalue weighted by Gasteiger charge is -2.09. The van der Waals surface area contributed by atoms with Gasteiger partial charge in [0.1, 0.15) is 5.02 Å². The number of carboxylic acid groups (broad SMARTS) is 1. The first-order valence-corrected chi connectivity index (χ1v) is 9.50. The maximum Gasteiger partial charge on any atom is 0.371 e. The number of furan rings is 1. The summed E-state index contributed by atoms with van der Waals surface area (Å²) >= 11 is 15.3. The summed E-state index contributed by atoms with van der Waals surface area (Å²) in [6.07, 6.45) is 3.77. The van der Waals surface area contributed by atoms with Crippen molar-refractivity contribution in [3.63, 3.8) is 0 Å². The van der Waals surface area contributed by atoms with Crippen molar-refractivity contribution >= 4 is 69.4 Å². The SMILES string of the molecule is CSC(SC)=C(C)C(=O)c1cc2cc(C(=O)O)oc2c(Cl)c1Cl. The van der Waals surface area contributed by atoms with Crippen LogP contribution in [0.3, 0.4) is 0 Å². The summed E-state index contributed by atoms with van der Waals surface area (Å²) in [5.74, 6) is -1.73. The van der Waals surface area contributed by atoms with Crippen LogP contribution in [0.15, 0.2) is 26.4 Å². The Morgan fingerprint density at radius 3 is 2.26 bits per heavy atom. The lowest BCUT2D eigenvalue weighted by molar-refractivity contribution is 0.0665. The third-order valence-electron chi connectivity index (χ3n) is 3.16. The number of benzene rings is 1. The molecular weight excluding hydrogens is 379 g/mol. The van der Waals surface area contributed by atoms with Gasteiger partial charge in [-0.05, 0) is 31.6 Å². The van der Waals surface area contributed by atoms with E-state index in [1.807, 2.05) is 12.5 Å². The second kappa shape index (κ2) is 7.21. The van der Waals surface area contributed by atoms with Crippen LogP contribution in [0, 0.1) is 0 Å². The minimum atomic E-state index is -1.22. The van der Waals surface area contributed by atoms with Gasteiger partial charge >= 0.3 is 5.97 Å². The van der Waals surface area contributed by atoms with Gasteiger partial charge in [-0.1, -0.05) is 23.2 Å². The minimum Gasteiger partial charge on any atom is -0.475 e. The Kier molecular flexibility index (Phi) is 5.73. The molecule has 1 aromatic carbocycles. The Balaban J connectivity index is 2.66. The van der Waals surface area contributed by atoms with E-state index in [2.05, 4.69) is 0 Å². The third kappa shape index (κ3) is 3.40. The second-order valence-corrected chi connectivity index (χ2v) is 7.18. The maximum atomic E-state index is 12.7. The second-order valence-electron chi connectivity index (χ2n) is 4.54. The van der Waals surface area contributed by atoms with Crippen molar-refractivity contribution in [2.45, 2.75) is 6.92 Å². The molecule has 4 nitrogen and oxygen atoms in total. The predicted octanol–water partition coefficient (Wildman–Crippen LogP) is 5.58. The molecule has 0 amide bonds. The standard InChI is InChI=1S/C15H12Cl2O4S2/c1-6(15(22-2)23-3)12(18)8-4-7-5-9(14(19)20)21-13(7)11(17)10(8)16/h4-5H,1-3H3,(H,19,20). The van der Waals surface area contributed by atoms with Crippen LogP contribution in [0.25, 0.3) is 11.0 Å². The van der Waals surface area contributed by atoms with Crippen molar-refractivity contribution in [2.24, 2.45) is 0 Å². The number of hydrogen-bond acceptors (Lipinski definition) is 5. The van der Waals surface area contributed by atoms with E-state index in [0.29, 0.717) is 11.0 Å². The highest BCUT2D eigenvalue weighted by molar-refractivity contribution is 8.21. The molecular formula is C15H12Cl2O4S2. The number of carbonyl (C=O) groups excluding carboxylic acids is 1. The van der Waals surface area contributed by atoms with Crippen molar-refractivity contribution in [2.75, 3.05) is 12.5 Å². The Labute approximate surface area is 151 Å². The van der Waals surface area contributed by atoms with Gasteiger partial charge in [0.05, 0.1) is 5.02 Å². The van der Waals surface area contributed by atoms with E-state index in [0.717, 1.165) is 4.24 Å². The molecule has 0 fully saturated rings. The third-order valence-corrected chi connectivity index (χ3v) is 6.37. The Bertz CT molecular complexity index is 834. The molecule has 23 heavy (non-hydrogen) atoms. The van der Waals surface area contributed by atoms with Gasteiger partial charge < -0.3 is 9.52 Å². The zero-order valence-corrected chi connectivity index (χ0v) is 15.5. The van der Waals surface area contributed by atoms with E-state index in [9.17, 15) is 9.59 Å². The smallest absolute Gasteiger partial charge is 0.371 e. The molecule has 2 rings (SSSR count). The summed E-state index contributed by atoms with van der Waals surface area (Å²) in [6.45, 7) is 1.72. The highest BCUT2D eigenvalue weighted by Gasteiger charge is 2.22. The van der Waals surface area contributed by atoms with Crippen LogP contribution in [0.1, 0.15) is 27.8 Å². The van der Waals surface area contributed by atoms with Gasteiger partial charge in [-0.2, -0.15) is 0 Å². The molecule has 122 valence electrons. The maximum absolute atomic E-state index is 12.7. The normalized spacial score (nSPS) is 10.8. The zero-order chi connectivity index (χ0) is 17.3. The number of aromatic carboxylic acids is 1. The van der Waals surface area contributed by atoms with Crippen molar-refractivity contribution in [3.05, 3.63) is 43.3 Å². The van der Waals surface area contributed by atoms with Crippen LogP contribution >= 0.6 is 46.7 Å². The van der Waals surface area contributed by atoms with Crippen molar-refractivity contribution in [1.82, 2.24) is 0 Å². The first-order valence-electron chi connectivity index (χ1n) is 6.30. The van der Waals surface area contributed by atoms with Crippen LogP contribution in [0.5, 0.6) is 0 Å². The number of halogens is 2. The van der Waals surface area contributed by atoms with Crippen molar-refractivity contribution in [3.8, 4) is 0 Å². The van der Waals surface area contributed by atoms with E-state index in [1.165, 1.54) is 35.7 Å². The monoisotopic (exact) mass is 390 g/mol. The molecule has 0 spiro atoms. The molecule has 0 unspecified atom stereocenters. The number of carbonyl (C=O) groups is 2. The summed E-state index contributed by atoms with van der Waals surface area (Å²) in [5.41, 5.74) is 0.937. The van der Waals surface area contributed by atoms with Gasteiger partial charge in [0.2, 0.25) is 5.76 Å². The van der Waals surface area contributed by atoms with Gasteiger partial charge in [-0.25, -0.2) is 4.79 Å². The lowest BCUT2D eigenvalue weighted by Crippen LogP contribution is -2.03. The summed E-state index contributed by atoms with van der Waals surface area (Å²) in [6, 6.07) is 2.82. The average molecular weight is 391 g/mol. The molecule has 0 bridgehead atoms. The van der Waals surface area contributed by atoms with E-state index in [-0.39, 0.29) is 32.7 Å².